The lowest BCUT2D eigenvalue weighted by Crippen LogP contribution is -2.04. The third-order valence-electron chi connectivity index (χ3n) is 5.73. The lowest BCUT2D eigenvalue weighted by molar-refractivity contribution is 0.108. The highest BCUT2D eigenvalue weighted by Gasteiger charge is 2.28. The van der Waals surface area contributed by atoms with Gasteiger partial charge in [-0.05, 0) is 127 Å². The molecule has 5 aromatic rings. The van der Waals surface area contributed by atoms with Crippen molar-refractivity contribution in [2.24, 2.45) is 0 Å². The van der Waals surface area contributed by atoms with Crippen molar-refractivity contribution in [2.75, 3.05) is 0 Å². The zero-order valence-corrected chi connectivity index (χ0v) is 23.6. The maximum atomic E-state index is 13.2. The zero-order chi connectivity index (χ0) is 26.6. The molecule has 188 valence electrons. The van der Waals surface area contributed by atoms with Gasteiger partial charge in [-0.25, -0.2) is 4.39 Å². The summed E-state index contributed by atoms with van der Waals surface area (Å²) in [6.45, 7) is 0. The summed E-state index contributed by atoms with van der Waals surface area (Å²) >= 11 is 20.0. The van der Waals surface area contributed by atoms with E-state index in [0.29, 0.717) is 20.6 Å². The van der Waals surface area contributed by atoms with Crippen LogP contribution in [-0.4, -0.2) is 5.12 Å². The van der Waals surface area contributed by atoms with Crippen LogP contribution in [0.1, 0.15) is 10.4 Å². The average Bonchev–Trinajstić information content (AvgIpc) is 2.92. The molecule has 0 aliphatic carbocycles. The maximum Gasteiger partial charge on any atom is 0.224 e. The summed E-state index contributed by atoms with van der Waals surface area (Å²) < 4.78 is 13.2. The Morgan fingerprint density at radius 3 is 1.63 bits per heavy atom. The predicted octanol–water partition coefficient (Wildman–Crippen LogP) is 10.5. The molecular weight excluding hydrogens is 578 g/mol. The van der Waals surface area contributed by atoms with Crippen LogP contribution in [0.15, 0.2) is 135 Å². The summed E-state index contributed by atoms with van der Waals surface area (Å²) in [5.74, 6) is -0.377. The third kappa shape index (κ3) is 6.28. The van der Waals surface area contributed by atoms with Gasteiger partial charge in [-0.2, -0.15) is 0 Å². The van der Waals surface area contributed by atoms with Crippen molar-refractivity contribution in [3.63, 3.8) is 0 Å². The predicted molar refractivity (Wildman–Crippen MR) is 159 cm³/mol. The van der Waals surface area contributed by atoms with Crippen molar-refractivity contribution < 1.29 is 9.18 Å². The topological polar surface area (TPSA) is 17.1 Å². The van der Waals surface area contributed by atoms with E-state index in [9.17, 15) is 9.18 Å². The molecular formula is C31H19Cl3FOS2+. The number of halogens is 4. The van der Waals surface area contributed by atoms with Crippen molar-refractivity contribution in [3.8, 4) is 11.1 Å². The molecule has 0 fully saturated rings. The van der Waals surface area contributed by atoms with Crippen LogP contribution in [0, 0.1) is 5.82 Å². The standard InChI is InChI=1S/C31H19Cl3FOS2/c32-22-5-14-27(15-6-22)38(28-16-7-23(33)8-17-28)26-12-3-20(4-13-26)29-18-11-25(19-30(29)34)37-31(36)21-1-9-24(35)10-2-21/h1-19H/q+1. The summed E-state index contributed by atoms with van der Waals surface area (Å²) in [5.41, 5.74) is 2.27. The summed E-state index contributed by atoms with van der Waals surface area (Å²) in [5, 5.41) is 1.76. The van der Waals surface area contributed by atoms with Gasteiger partial charge >= 0.3 is 0 Å². The number of hydrogen-bond acceptors (Lipinski definition) is 2. The van der Waals surface area contributed by atoms with E-state index in [1.54, 1.807) is 6.07 Å². The number of thioether (sulfide) groups is 1. The van der Waals surface area contributed by atoms with Gasteiger partial charge in [0.2, 0.25) is 5.12 Å². The van der Waals surface area contributed by atoms with Crippen molar-refractivity contribution >= 4 is 62.6 Å². The summed E-state index contributed by atoms with van der Waals surface area (Å²) in [4.78, 5) is 16.7. The van der Waals surface area contributed by atoms with Gasteiger partial charge < -0.3 is 0 Å². The summed E-state index contributed by atoms with van der Waals surface area (Å²) in [7, 11) is -0.346. The lowest BCUT2D eigenvalue weighted by Gasteiger charge is -2.10. The van der Waals surface area contributed by atoms with Gasteiger partial charge in [-0.15, -0.1) is 0 Å². The van der Waals surface area contributed by atoms with Crippen molar-refractivity contribution in [1.29, 1.82) is 0 Å². The molecule has 0 aromatic heterocycles. The molecule has 0 aliphatic rings. The lowest BCUT2D eigenvalue weighted by atomic mass is 10.1. The summed E-state index contributed by atoms with van der Waals surface area (Å²) in [6.07, 6.45) is 0. The molecule has 1 nitrogen and oxygen atoms in total. The van der Waals surface area contributed by atoms with E-state index in [-0.39, 0.29) is 21.8 Å². The normalized spacial score (nSPS) is 11.1. The fraction of sp³-hybridized carbons (Fsp3) is 0. The maximum absolute atomic E-state index is 13.2. The van der Waals surface area contributed by atoms with E-state index in [1.807, 2.05) is 36.4 Å². The van der Waals surface area contributed by atoms with Crippen molar-refractivity contribution in [2.45, 2.75) is 19.6 Å². The number of hydrogen-bond donors (Lipinski definition) is 0. The Hall–Kier alpha value is -2.73. The van der Waals surface area contributed by atoms with Crippen LogP contribution >= 0.6 is 46.6 Å². The molecule has 0 aliphatic heterocycles. The Morgan fingerprint density at radius 2 is 1.13 bits per heavy atom. The van der Waals surface area contributed by atoms with Gasteiger partial charge in [0.1, 0.15) is 5.82 Å². The highest BCUT2D eigenvalue weighted by atomic mass is 35.5. The Bertz CT molecular complexity index is 1530. The largest absolute Gasteiger partial charge is 0.281 e. The molecule has 0 saturated heterocycles. The first-order valence-electron chi connectivity index (χ1n) is 11.5. The number of carbonyl (C=O) groups excluding carboxylic acids is 1. The fourth-order valence-electron chi connectivity index (χ4n) is 3.87. The van der Waals surface area contributed by atoms with Gasteiger partial charge in [0, 0.05) is 31.1 Å². The van der Waals surface area contributed by atoms with Crippen LogP contribution < -0.4 is 0 Å². The van der Waals surface area contributed by atoms with Crippen molar-refractivity contribution in [3.05, 3.63) is 142 Å². The minimum Gasteiger partial charge on any atom is -0.281 e. The molecule has 7 heteroatoms. The molecule has 0 N–H and O–H groups in total. The molecule has 0 atom stereocenters. The van der Waals surface area contributed by atoms with E-state index in [4.69, 9.17) is 34.8 Å². The molecule has 0 heterocycles. The molecule has 0 unspecified atom stereocenters. The van der Waals surface area contributed by atoms with Crippen LogP contribution in [0.5, 0.6) is 0 Å². The van der Waals surface area contributed by atoms with Gasteiger partial charge in [0.15, 0.2) is 14.7 Å². The van der Waals surface area contributed by atoms with E-state index >= 15 is 0 Å². The van der Waals surface area contributed by atoms with E-state index in [2.05, 4.69) is 48.5 Å². The molecule has 38 heavy (non-hydrogen) atoms. The Balaban J connectivity index is 1.40. The van der Waals surface area contributed by atoms with Crippen molar-refractivity contribution in [1.82, 2.24) is 0 Å². The van der Waals surface area contributed by atoms with E-state index < -0.39 is 0 Å². The Labute approximate surface area is 242 Å². The molecule has 5 aromatic carbocycles. The Kier molecular flexibility index (Phi) is 8.47. The zero-order valence-electron chi connectivity index (χ0n) is 19.7. The minimum atomic E-state index is -0.377. The van der Waals surface area contributed by atoms with Gasteiger partial charge in [-0.1, -0.05) is 40.9 Å². The Morgan fingerprint density at radius 1 is 0.632 bits per heavy atom. The number of carbonyl (C=O) groups is 1. The number of rotatable bonds is 6. The molecule has 5 rings (SSSR count). The van der Waals surface area contributed by atoms with Gasteiger partial charge in [0.25, 0.3) is 0 Å². The first kappa shape index (κ1) is 26.9. The second kappa shape index (κ2) is 12.0. The molecule has 0 radical (unpaired) electrons. The van der Waals surface area contributed by atoms with E-state index in [1.165, 1.54) is 24.3 Å². The third-order valence-corrected chi connectivity index (χ3v) is 9.69. The van der Waals surface area contributed by atoms with Gasteiger partial charge in [0.05, 0.1) is 10.9 Å². The van der Waals surface area contributed by atoms with Gasteiger partial charge in [-0.3, -0.25) is 4.79 Å². The van der Waals surface area contributed by atoms with Crippen LogP contribution in [0.2, 0.25) is 15.1 Å². The first-order valence-corrected chi connectivity index (χ1v) is 14.7. The monoisotopic (exact) mass is 595 g/mol. The fourth-order valence-corrected chi connectivity index (χ4v) is 7.29. The summed E-state index contributed by atoms with van der Waals surface area (Å²) in [6, 6.07) is 35.2. The van der Waals surface area contributed by atoms with Crippen LogP contribution in [-0.2, 0) is 10.9 Å². The number of benzene rings is 5. The highest BCUT2D eigenvalue weighted by Crippen LogP contribution is 2.36. The SMILES string of the molecule is O=C(Sc1ccc(-c2ccc([S+](c3ccc(Cl)cc3)c3ccc(Cl)cc3)cc2)c(Cl)c1)c1ccc(F)cc1. The molecule has 0 bridgehead atoms. The smallest absolute Gasteiger partial charge is 0.224 e. The minimum absolute atomic E-state index is 0.172. The molecule has 0 amide bonds. The van der Waals surface area contributed by atoms with Crippen LogP contribution in [0.3, 0.4) is 0 Å². The second-order valence-corrected chi connectivity index (χ2v) is 12.6. The molecule has 0 saturated carbocycles. The second-order valence-electron chi connectivity index (χ2n) is 8.28. The molecule has 0 spiro atoms. The van der Waals surface area contributed by atoms with E-state index in [0.717, 1.165) is 42.5 Å². The van der Waals surface area contributed by atoms with Crippen LogP contribution in [0.4, 0.5) is 4.39 Å². The highest BCUT2D eigenvalue weighted by molar-refractivity contribution is 8.14. The quantitative estimate of drug-likeness (QED) is 0.143. The average molecular weight is 597 g/mol. The first-order chi connectivity index (χ1) is 18.4. The van der Waals surface area contributed by atoms with Crippen LogP contribution in [0.25, 0.3) is 11.1 Å².